The van der Waals surface area contributed by atoms with E-state index in [2.05, 4.69) is 44.3 Å². The van der Waals surface area contributed by atoms with Crippen molar-refractivity contribution in [2.45, 2.75) is 32.1 Å². The number of rotatable bonds is 7. The first-order valence-corrected chi connectivity index (χ1v) is 8.00. The number of anilines is 2. The normalized spacial score (nSPS) is 14.9. The predicted octanol–water partition coefficient (Wildman–Crippen LogP) is 3.62. The molecule has 1 aliphatic heterocycles. The molecule has 0 unspecified atom stereocenters. The fourth-order valence-electron chi connectivity index (χ4n) is 2.52. The van der Waals surface area contributed by atoms with E-state index in [1.807, 2.05) is 0 Å². The van der Waals surface area contributed by atoms with Crippen molar-refractivity contribution in [2.75, 3.05) is 36.5 Å². The molecule has 0 bridgehead atoms. The summed E-state index contributed by atoms with van der Waals surface area (Å²) in [7, 11) is 0. The molecule has 0 atom stereocenters. The number of hydrogen-bond donors (Lipinski definition) is 2. The average Bonchev–Trinajstić information content (AvgIpc) is 2.92. The Balaban J connectivity index is 1.94. The lowest BCUT2D eigenvalue weighted by molar-refractivity contribution is 0.283. The molecule has 0 radical (unpaired) electrons. The topological polar surface area (TPSA) is 35.5 Å². The van der Waals surface area contributed by atoms with Crippen molar-refractivity contribution in [1.29, 1.82) is 0 Å². The van der Waals surface area contributed by atoms with Crippen LogP contribution in [0.5, 0.6) is 0 Å². The van der Waals surface area contributed by atoms with Crippen LogP contribution >= 0.6 is 15.9 Å². The van der Waals surface area contributed by atoms with Gasteiger partial charge in [0, 0.05) is 30.7 Å². The van der Waals surface area contributed by atoms with E-state index >= 15 is 0 Å². The first-order chi connectivity index (χ1) is 9.31. The van der Waals surface area contributed by atoms with Gasteiger partial charge < -0.3 is 15.3 Å². The molecule has 0 aliphatic carbocycles. The number of nitrogens with one attached hydrogen (secondary N) is 1. The third kappa shape index (κ3) is 4.39. The van der Waals surface area contributed by atoms with Gasteiger partial charge >= 0.3 is 0 Å². The maximum atomic E-state index is 8.77. The molecule has 0 aromatic heterocycles. The largest absolute Gasteiger partial charge is 0.396 e. The summed E-state index contributed by atoms with van der Waals surface area (Å²) in [4.78, 5) is 2.46. The smallest absolute Gasteiger partial charge is 0.0602 e. The number of aliphatic hydroxyl groups excluding tert-OH is 1. The lowest BCUT2D eigenvalue weighted by Crippen LogP contribution is -2.19. The van der Waals surface area contributed by atoms with Crippen LogP contribution < -0.4 is 10.2 Å². The van der Waals surface area contributed by atoms with Crippen LogP contribution in [0.15, 0.2) is 22.7 Å². The Bertz CT molecular complexity index is 392. The Labute approximate surface area is 124 Å². The Morgan fingerprint density at radius 2 is 1.95 bits per heavy atom. The SMILES string of the molecule is OCCCCCNc1cc(Br)ccc1N1CCCC1. The van der Waals surface area contributed by atoms with Crippen LogP contribution in [0.3, 0.4) is 0 Å². The fraction of sp³-hybridized carbons (Fsp3) is 0.600. The molecule has 1 saturated heterocycles. The number of hydrogen-bond acceptors (Lipinski definition) is 3. The Hall–Kier alpha value is -0.740. The second-order valence-corrected chi connectivity index (χ2v) is 5.98. The summed E-state index contributed by atoms with van der Waals surface area (Å²) in [6.07, 6.45) is 5.68. The van der Waals surface area contributed by atoms with Crippen LogP contribution in [0.25, 0.3) is 0 Å². The van der Waals surface area contributed by atoms with E-state index < -0.39 is 0 Å². The Morgan fingerprint density at radius 3 is 2.68 bits per heavy atom. The van der Waals surface area contributed by atoms with E-state index in [0.717, 1.165) is 30.3 Å². The van der Waals surface area contributed by atoms with Gasteiger partial charge in [-0.1, -0.05) is 15.9 Å². The molecule has 1 fully saturated rings. The van der Waals surface area contributed by atoms with Crippen molar-refractivity contribution in [2.24, 2.45) is 0 Å². The van der Waals surface area contributed by atoms with Gasteiger partial charge in [-0.3, -0.25) is 0 Å². The molecular weight excluding hydrogens is 304 g/mol. The zero-order valence-corrected chi connectivity index (χ0v) is 13.0. The minimum absolute atomic E-state index is 0.302. The van der Waals surface area contributed by atoms with Gasteiger partial charge in [0.05, 0.1) is 11.4 Å². The average molecular weight is 327 g/mol. The maximum Gasteiger partial charge on any atom is 0.0602 e. The summed E-state index contributed by atoms with van der Waals surface area (Å²) in [6, 6.07) is 6.48. The molecule has 19 heavy (non-hydrogen) atoms. The number of nitrogens with zero attached hydrogens (tertiary/aromatic N) is 1. The van der Waals surface area contributed by atoms with E-state index in [1.54, 1.807) is 0 Å². The van der Waals surface area contributed by atoms with Crippen LogP contribution in [0.4, 0.5) is 11.4 Å². The number of aliphatic hydroxyl groups is 1. The molecule has 106 valence electrons. The van der Waals surface area contributed by atoms with E-state index in [-0.39, 0.29) is 0 Å². The van der Waals surface area contributed by atoms with E-state index in [4.69, 9.17) is 5.11 Å². The van der Waals surface area contributed by atoms with Gasteiger partial charge in [-0.15, -0.1) is 0 Å². The monoisotopic (exact) mass is 326 g/mol. The Morgan fingerprint density at radius 1 is 1.16 bits per heavy atom. The van der Waals surface area contributed by atoms with Gasteiger partial charge in [0.15, 0.2) is 0 Å². The summed E-state index contributed by atoms with van der Waals surface area (Å²) in [5.74, 6) is 0. The van der Waals surface area contributed by atoms with Crippen LogP contribution in [-0.2, 0) is 0 Å². The van der Waals surface area contributed by atoms with Gasteiger partial charge in [-0.05, 0) is 50.3 Å². The van der Waals surface area contributed by atoms with Gasteiger partial charge in [0.1, 0.15) is 0 Å². The first kappa shape index (κ1) is 14.7. The molecule has 1 aromatic rings. The summed E-state index contributed by atoms with van der Waals surface area (Å²) in [6.45, 7) is 3.61. The highest BCUT2D eigenvalue weighted by Crippen LogP contribution is 2.31. The second-order valence-electron chi connectivity index (χ2n) is 5.07. The number of unbranched alkanes of at least 4 members (excludes halogenated alkanes) is 2. The molecule has 1 aliphatic rings. The molecule has 0 amide bonds. The minimum atomic E-state index is 0.302. The molecule has 0 spiro atoms. The molecule has 4 heteroatoms. The van der Waals surface area contributed by atoms with E-state index in [9.17, 15) is 0 Å². The minimum Gasteiger partial charge on any atom is -0.396 e. The van der Waals surface area contributed by atoms with Gasteiger partial charge in [0.2, 0.25) is 0 Å². The standard InChI is InChI=1S/C15H23BrN2O/c16-13-6-7-15(18-9-3-4-10-18)14(12-13)17-8-2-1-5-11-19/h6-7,12,17,19H,1-5,8-11H2. The van der Waals surface area contributed by atoms with Crippen molar-refractivity contribution in [3.05, 3.63) is 22.7 Å². The molecule has 1 aromatic carbocycles. The summed E-state index contributed by atoms with van der Waals surface area (Å²) < 4.78 is 1.12. The Kier molecular flexibility index (Phi) is 5.98. The quantitative estimate of drug-likeness (QED) is 0.751. The number of halogens is 1. The second kappa shape index (κ2) is 7.75. The third-order valence-electron chi connectivity index (χ3n) is 3.56. The lowest BCUT2D eigenvalue weighted by atomic mass is 10.2. The summed E-state index contributed by atoms with van der Waals surface area (Å²) >= 11 is 3.55. The van der Waals surface area contributed by atoms with Crippen molar-refractivity contribution in [1.82, 2.24) is 0 Å². The highest BCUT2D eigenvalue weighted by atomic mass is 79.9. The molecule has 0 saturated carbocycles. The molecule has 2 N–H and O–H groups in total. The van der Waals surface area contributed by atoms with E-state index in [0.29, 0.717) is 6.61 Å². The van der Waals surface area contributed by atoms with Gasteiger partial charge in [-0.2, -0.15) is 0 Å². The predicted molar refractivity (Wildman–Crippen MR) is 85.0 cm³/mol. The molecule has 1 heterocycles. The third-order valence-corrected chi connectivity index (χ3v) is 4.05. The van der Waals surface area contributed by atoms with Crippen LogP contribution in [0.1, 0.15) is 32.1 Å². The van der Waals surface area contributed by atoms with Crippen molar-refractivity contribution < 1.29 is 5.11 Å². The highest BCUT2D eigenvalue weighted by Gasteiger charge is 2.15. The maximum absolute atomic E-state index is 8.77. The summed E-state index contributed by atoms with van der Waals surface area (Å²) in [5.41, 5.74) is 2.54. The number of benzene rings is 1. The molecular formula is C15H23BrN2O. The van der Waals surface area contributed by atoms with E-state index in [1.165, 1.54) is 37.3 Å². The fourth-order valence-corrected chi connectivity index (χ4v) is 2.88. The van der Waals surface area contributed by atoms with Gasteiger partial charge in [-0.25, -0.2) is 0 Å². The lowest BCUT2D eigenvalue weighted by Gasteiger charge is -2.22. The first-order valence-electron chi connectivity index (χ1n) is 7.20. The van der Waals surface area contributed by atoms with Crippen LogP contribution in [0, 0.1) is 0 Å². The molecule has 3 nitrogen and oxygen atoms in total. The van der Waals surface area contributed by atoms with Crippen molar-refractivity contribution in [3.63, 3.8) is 0 Å². The van der Waals surface area contributed by atoms with Crippen molar-refractivity contribution in [3.8, 4) is 0 Å². The highest BCUT2D eigenvalue weighted by molar-refractivity contribution is 9.10. The van der Waals surface area contributed by atoms with Crippen molar-refractivity contribution >= 4 is 27.3 Å². The zero-order chi connectivity index (χ0) is 13.5. The molecule has 2 rings (SSSR count). The van der Waals surface area contributed by atoms with Crippen LogP contribution in [-0.4, -0.2) is 31.3 Å². The summed E-state index contributed by atoms with van der Waals surface area (Å²) in [5, 5.41) is 12.3. The van der Waals surface area contributed by atoms with Gasteiger partial charge in [0.25, 0.3) is 0 Å². The zero-order valence-electron chi connectivity index (χ0n) is 11.4. The van der Waals surface area contributed by atoms with Crippen LogP contribution in [0.2, 0.25) is 0 Å².